The Bertz CT molecular complexity index is 189. The molecular formula is C14H28N2. The van der Waals surface area contributed by atoms with E-state index < -0.39 is 0 Å². The largest absolute Gasteiger partial charge is 0.317 e. The molecule has 0 radical (unpaired) electrons. The minimum absolute atomic E-state index is 0.782. The molecule has 0 amide bonds. The van der Waals surface area contributed by atoms with Crippen molar-refractivity contribution in [2.75, 3.05) is 7.05 Å². The van der Waals surface area contributed by atoms with Gasteiger partial charge in [-0.1, -0.05) is 6.92 Å². The normalized spacial score (nSPS) is 40.9. The quantitative estimate of drug-likeness (QED) is 0.770. The van der Waals surface area contributed by atoms with Crippen molar-refractivity contribution < 1.29 is 0 Å². The van der Waals surface area contributed by atoms with Crippen LogP contribution in [0.15, 0.2) is 0 Å². The number of rotatable bonds is 3. The topological polar surface area (TPSA) is 24.1 Å². The Morgan fingerprint density at radius 3 is 1.62 bits per heavy atom. The summed E-state index contributed by atoms with van der Waals surface area (Å²) in [5.41, 5.74) is 0. The lowest BCUT2D eigenvalue weighted by Gasteiger charge is -2.34. The lowest BCUT2D eigenvalue weighted by molar-refractivity contribution is 0.246. The van der Waals surface area contributed by atoms with Gasteiger partial charge in [-0.15, -0.1) is 0 Å². The summed E-state index contributed by atoms with van der Waals surface area (Å²) in [6.45, 7) is 2.40. The predicted molar refractivity (Wildman–Crippen MR) is 69.7 cm³/mol. The molecule has 0 aliphatic heterocycles. The Balaban J connectivity index is 1.66. The van der Waals surface area contributed by atoms with Crippen molar-refractivity contribution in [3.8, 4) is 0 Å². The van der Waals surface area contributed by atoms with Crippen molar-refractivity contribution in [1.82, 2.24) is 10.6 Å². The molecule has 2 nitrogen and oxygen atoms in total. The fourth-order valence-corrected chi connectivity index (χ4v) is 3.31. The summed E-state index contributed by atoms with van der Waals surface area (Å²) >= 11 is 0. The number of hydrogen-bond acceptors (Lipinski definition) is 2. The molecule has 0 spiro atoms. The van der Waals surface area contributed by atoms with Gasteiger partial charge in [-0.05, 0) is 64.3 Å². The summed E-state index contributed by atoms with van der Waals surface area (Å²) in [6, 6.07) is 2.42. The third kappa shape index (κ3) is 3.46. The maximum atomic E-state index is 3.90. The van der Waals surface area contributed by atoms with Crippen LogP contribution in [0.25, 0.3) is 0 Å². The van der Waals surface area contributed by atoms with Gasteiger partial charge in [-0.3, -0.25) is 0 Å². The second-order valence-corrected chi connectivity index (χ2v) is 5.96. The summed E-state index contributed by atoms with van der Waals surface area (Å²) in [5.74, 6) is 0.970. The van der Waals surface area contributed by atoms with Crippen LogP contribution in [0.3, 0.4) is 0 Å². The molecule has 0 heterocycles. The summed E-state index contributed by atoms with van der Waals surface area (Å²) in [4.78, 5) is 0. The van der Waals surface area contributed by atoms with Gasteiger partial charge in [0.15, 0.2) is 0 Å². The Morgan fingerprint density at radius 2 is 1.12 bits per heavy atom. The van der Waals surface area contributed by atoms with Crippen LogP contribution in [-0.2, 0) is 0 Å². The van der Waals surface area contributed by atoms with Gasteiger partial charge in [-0.25, -0.2) is 0 Å². The zero-order valence-corrected chi connectivity index (χ0v) is 11.0. The molecule has 2 heteroatoms. The van der Waals surface area contributed by atoms with Gasteiger partial charge in [0.05, 0.1) is 0 Å². The van der Waals surface area contributed by atoms with Crippen molar-refractivity contribution in [1.29, 1.82) is 0 Å². The molecule has 0 unspecified atom stereocenters. The molecular weight excluding hydrogens is 196 g/mol. The molecule has 0 aromatic heterocycles. The molecule has 2 saturated carbocycles. The smallest absolute Gasteiger partial charge is 0.00708 e. The Labute approximate surface area is 101 Å². The zero-order valence-electron chi connectivity index (χ0n) is 11.0. The van der Waals surface area contributed by atoms with E-state index in [1.54, 1.807) is 0 Å². The van der Waals surface area contributed by atoms with Crippen molar-refractivity contribution in [3.63, 3.8) is 0 Å². The maximum Gasteiger partial charge on any atom is 0.00708 e. The third-order valence-electron chi connectivity index (χ3n) is 4.62. The molecule has 0 atom stereocenters. The lowest BCUT2D eigenvalue weighted by Crippen LogP contribution is -2.44. The van der Waals surface area contributed by atoms with E-state index in [4.69, 9.17) is 0 Å². The molecule has 2 fully saturated rings. The summed E-state index contributed by atoms with van der Waals surface area (Å²) < 4.78 is 0. The highest BCUT2D eigenvalue weighted by Crippen LogP contribution is 2.26. The standard InChI is InChI=1S/C14H28N2/c1-11-3-5-13(6-4-11)16-14-9-7-12(15-2)8-10-14/h11-16H,3-10H2,1-2H3. The van der Waals surface area contributed by atoms with Crippen LogP contribution in [0, 0.1) is 5.92 Å². The van der Waals surface area contributed by atoms with E-state index in [2.05, 4.69) is 24.6 Å². The summed E-state index contributed by atoms with van der Waals surface area (Å²) in [7, 11) is 2.10. The van der Waals surface area contributed by atoms with Gasteiger partial charge in [0.2, 0.25) is 0 Å². The first-order chi connectivity index (χ1) is 7.78. The van der Waals surface area contributed by atoms with Crippen LogP contribution in [0.4, 0.5) is 0 Å². The van der Waals surface area contributed by atoms with Crippen LogP contribution in [0.2, 0.25) is 0 Å². The summed E-state index contributed by atoms with van der Waals surface area (Å²) in [6.07, 6.45) is 11.1. The lowest BCUT2D eigenvalue weighted by atomic mass is 9.85. The minimum Gasteiger partial charge on any atom is -0.317 e. The van der Waals surface area contributed by atoms with E-state index in [0.29, 0.717) is 0 Å². The van der Waals surface area contributed by atoms with E-state index in [1.165, 1.54) is 51.4 Å². The van der Waals surface area contributed by atoms with Crippen molar-refractivity contribution in [3.05, 3.63) is 0 Å². The van der Waals surface area contributed by atoms with Crippen LogP contribution in [0.1, 0.15) is 58.3 Å². The first-order valence-electron chi connectivity index (χ1n) is 7.21. The van der Waals surface area contributed by atoms with Crippen LogP contribution in [-0.4, -0.2) is 25.2 Å². The van der Waals surface area contributed by atoms with Crippen molar-refractivity contribution in [2.45, 2.75) is 76.4 Å². The molecule has 0 saturated heterocycles. The van der Waals surface area contributed by atoms with E-state index in [0.717, 1.165) is 24.0 Å². The summed E-state index contributed by atoms with van der Waals surface area (Å²) in [5, 5.41) is 7.30. The van der Waals surface area contributed by atoms with Crippen LogP contribution in [0.5, 0.6) is 0 Å². The zero-order chi connectivity index (χ0) is 11.4. The predicted octanol–water partition coefficient (Wildman–Crippen LogP) is 2.69. The highest BCUT2D eigenvalue weighted by Gasteiger charge is 2.24. The van der Waals surface area contributed by atoms with Crippen LogP contribution < -0.4 is 10.6 Å². The first-order valence-corrected chi connectivity index (χ1v) is 7.21. The van der Waals surface area contributed by atoms with Crippen molar-refractivity contribution >= 4 is 0 Å². The molecule has 2 aliphatic rings. The molecule has 16 heavy (non-hydrogen) atoms. The van der Waals surface area contributed by atoms with E-state index in [9.17, 15) is 0 Å². The monoisotopic (exact) mass is 224 g/mol. The number of nitrogens with one attached hydrogen (secondary N) is 2. The fourth-order valence-electron chi connectivity index (χ4n) is 3.31. The highest BCUT2D eigenvalue weighted by atomic mass is 15.0. The number of hydrogen-bond donors (Lipinski definition) is 2. The van der Waals surface area contributed by atoms with Gasteiger partial charge in [0.1, 0.15) is 0 Å². The van der Waals surface area contributed by atoms with Crippen molar-refractivity contribution in [2.24, 2.45) is 5.92 Å². The van der Waals surface area contributed by atoms with Gasteiger partial charge in [0.25, 0.3) is 0 Å². The second-order valence-electron chi connectivity index (χ2n) is 5.96. The molecule has 0 aromatic carbocycles. The fraction of sp³-hybridized carbons (Fsp3) is 1.00. The molecule has 0 bridgehead atoms. The average molecular weight is 224 g/mol. The van der Waals surface area contributed by atoms with Gasteiger partial charge >= 0.3 is 0 Å². The maximum absolute atomic E-state index is 3.90. The molecule has 94 valence electrons. The SMILES string of the molecule is CNC1CCC(NC2CCC(C)CC2)CC1. The molecule has 2 aliphatic carbocycles. The van der Waals surface area contributed by atoms with Gasteiger partial charge in [-0.2, -0.15) is 0 Å². The highest BCUT2D eigenvalue weighted by molar-refractivity contribution is 4.84. The molecule has 2 rings (SSSR count). The Hall–Kier alpha value is -0.0800. The molecule has 0 aromatic rings. The van der Waals surface area contributed by atoms with E-state index in [1.807, 2.05) is 0 Å². The average Bonchev–Trinajstić information content (AvgIpc) is 2.33. The Kier molecular flexibility index (Phi) is 4.66. The van der Waals surface area contributed by atoms with E-state index in [-0.39, 0.29) is 0 Å². The Morgan fingerprint density at radius 1 is 0.688 bits per heavy atom. The van der Waals surface area contributed by atoms with E-state index >= 15 is 0 Å². The van der Waals surface area contributed by atoms with Gasteiger partial charge in [0, 0.05) is 18.1 Å². The third-order valence-corrected chi connectivity index (χ3v) is 4.62. The van der Waals surface area contributed by atoms with Crippen LogP contribution >= 0.6 is 0 Å². The second kappa shape index (κ2) is 6.02. The molecule has 2 N–H and O–H groups in total. The van der Waals surface area contributed by atoms with Gasteiger partial charge < -0.3 is 10.6 Å². The minimum atomic E-state index is 0.782. The first kappa shape index (κ1) is 12.4.